The third-order valence-electron chi connectivity index (χ3n) is 4.33. The summed E-state index contributed by atoms with van der Waals surface area (Å²) in [6.45, 7) is 2.13. The highest BCUT2D eigenvalue weighted by Crippen LogP contribution is 2.25. The van der Waals surface area contributed by atoms with E-state index < -0.39 is 15.7 Å². The van der Waals surface area contributed by atoms with Crippen LogP contribution in [0.15, 0.2) is 47.4 Å². The molecule has 2 aromatic carbocycles. The van der Waals surface area contributed by atoms with Gasteiger partial charge in [0.1, 0.15) is 6.54 Å². The van der Waals surface area contributed by atoms with E-state index in [9.17, 15) is 18.0 Å². The van der Waals surface area contributed by atoms with Gasteiger partial charge in [-0.25, -0.2) is 8.42 Å². The first-order valence-electron chi connectivity index (χ1n) is 9.54. The van der Waals surface area contributed by atoms with Crippen LogP contribution in [0.3, 0.4) is 0 Å². The third kappa shape index (κ3) is 7.21. The molecule has 1 N–H and O–H groups in total. The number of methoxy groups -OCH3 is 1. The van der Waals surface area contributed by atoms with E-state index in [1.54, 1.807) is 12.1 Å². The Morgan fingerprint density at radius 1 is 1.10 bits per heavy atom. The van der Waals surface area contributed by atoms with E-state index in [1.807, 2.05) is 6.92 Å². The Bertz CT molecular complexity index is 1030. The van der Waals surface area contributed by atoms with Crippen molar-refractivity contribution < 1.29 is 22.7 Å². The highest BCUT2D eigenvalue weighted by Gasteiger charge is 2.20. The van der Waals surface area contributed by atoms with Crippen LogP contribution in [0.1, 0.15) is 23.7 Å². The summed E-state index contributed by atoms with van der Waals surface area (Å²) < 4.78 is 29.3. The molecule has 7 nitrogen and oxygen atoms in total. The van der Waals surface area contributed by atoms with Gasteiger partial charge in [-0.1, -0.05) is 30.1 Å². The van der Waals surface area contributed by atoms with E-state index in [-0.39, 0.29) is 35.3 Å². The van der Waals surface area contributed by atoms with Crippen molar-refractivity contribution in [3.63, 3.8) is 0 Å². The molecule has 0 aliphatic rings. The van der Waals surface area contributed by atoms with Crippen molar-refractivity contribution in [2.75, 3.05) is 37.9 Å². The minimum Gasteiger partial charge on any atom is -0.384 e. The van der Waals surface area contributed by atoms with E-state index in [4.69, 9.17) is 27.9 Å². The smallest absolute Gasteiger partial charge is 0.254 e. The molecule has 2 aromatic rings. The molecule has 168 valence electrons. The molecule has 0 spiro atoms. The number of carbonyl (C=O) groups excluding carboxylic acids is 2. The first kappa shape index (κ1) is 25.1. The topological polar surface area (TPSA) is 92.8 Å². The lowest BCUT2D eigenvalue weighted by Gasteiger charge is -2.22. The van der Waals surface area contributed by atoms with Gasteiger partial charge in [-0.3, -0.25) is 9.59 Å². The highest BCUT2D eigenvalue weighted by atomic mass is 35.5. The van der Waals surface area contributed by atoms with Gasteiger partial charge < -0.3 is 15.0 Å². The minimum absolute atomic E-state index is 0.0824. The van der Waals surface area contributed by atoms with Crippen LogP contribution >= 0.6 is 23.2 Å². The number of carbonyl (C=O) groups is 2. The predicted octanol–water partition coefficient (Wildman–Crippen LogP) is 3.90. The van der Waals surface area contributed by atoms with Crippen LogP contribution in [0, 0.1) is 0 Å². The number of nitrogens with zero attached hydrogens (tertiary/aromatic N) is 1. The lowest BCUT2D eigenvalue weighted by Crippen LogP contribution is -2.38. The van der Waals surface area contributed by atoms with Crippen molar-refractivity contribution in [2.45, 2.75) is 18.2 Å². The molecule has 0 bridgehead atoms. The Morgan fingerprint density at radius 3 is 2.39 bits per heavy atom. The Balaban J connectivity index is 2.12. The van der Waals surface area contributed by atoms with Gasteiger partial charge in [-0.05, 0) is 48.9 Å². The number of amides is 2. The minimum atomic E-state index is -3.49. The molecule has 0 atom stereocenters. The number of hydrogen-bond donors (Lipinski definition) is 1. The van der Waals surface area contributed by atoms with E-state index in [2.05, 4.69) is 5.32 Å². The van der Waals surface area contributed by atoms with E-state index in [0.717, 1.165) is 0 Å². The Morgan fingerprint density at radius 2 is 1.77 bits per heavy atom. The van der Waals surface area contributed by atoms with Crippen LogP contribution in [0.2, 0.25) is 10.0 Å². The van der Waals surface area contributed by atoms with Gasteiger partial charge in [-0.2, -0.15) is 0 Å². The van der Waals surface area contributed by atoms with Crippen LogP contribution in [0.4, 0.5) is 5.69 Å². The maximum atomic E-state index is 12.9. The summed E-state index contributed by atoms with van der Waals surface area (Å²) >= 11 is 12.0. The fourth-order valence-corrected chi connectivity index (χ4v) is 4.29. The van der Waals surface area contributed by atoms with E-state index in [0.29, 0.717) is 28.7 Å². The average Bonchev–Trinajstić information content (AvgIpc) is 2.74. The average molecular weight is 487 g/mol. The number of sulfone groups is 1. The van der Waals surface area contributed by atoms with Gasteiger partial charge in [-0.15, -0.1) is 0 Å². The third-order valence-corrected chi connectivity index (χ3v) is 6.59. The fraction of sp³-hybridized carbons (Fsp3) is 0.333. The van der Waals surface area contributed by atoms with Crippen LogP contribution < -0.4 is 5.32 Å². The normalized spacial score (nSPS) is 11.2. The first-order chi connectivity index (χ1) is 14.7. The van der Waals surface area contributed by atoms with Crippen molar-refractivity contribution in [2.24, 2.45) is 0 Å². The van der Waals surface area contributed by atoms with Gasteiger partial charge in [0.2, 0.25) is 5.91 Å². The van der Waals surface area contributed by atoms with Crippen LogP contribution in [0.5, 0.6) is 0 Å². The van der Waals surface area contributed by atoms with E-state index in [1.165, 1.54) is 42.3 Å². The molecule has 0 fully saturated rings. The van der Waals surface area contributed by atoms with Crippen LogP contribution in [-0.4, -0.2) is 57.7 Å². The zero-order chi connectivity index (χ0) is 23.0. The Kier molecular flexibility index (Phi) is 9.31. The summed E-state index contributed by atoms with van der Waals surface area (Å²) in [4.78, 5) is 26.9. The molecule has 0 aromatic heterocycles. The summed E-state index contributed by atoms with van der Waals surface area (Å²) in [6, 6.07) is 10.3. The molecule has 0 saturated heterocycles. The number of halogens is 2. The summed E-state index contributed by atoms with van der Waals surface area (Å²) in [7, 11) is -2.07. The molecule has 0 radical (unpaired) electrons. The van der Waals surface area contributed by atoms with E-state index >= 15 is 0 Å². The summed E-state index contributed by atoms with van der Waals surface area (Å²) in [5, 5.41) is 3.40. The summed E-state index contributed by atoms with van der Waals surface area (Å²) in [5.74, 6) is -0.954. The fourth-order valence-electron chi connectivity index (χ4n) is 2.78. The predicted molar refractivity (Wildman–Crippen MR) is 122 cm³/mol. The van der Waals surface area contributed by atoms with Gasteiger partial charge in [0.25, 0.3) is 5.91 Å². The molecular formula is C21H24Cl2N2O5S. The number of nitrogens with one attached hydrogen (secondary N) is 1. The van der Waals surface area contributed by atoms with Crippen molar-refractivity contribution in [3.8, 4) is 0 Å². The second-order valence-corrected chi connectivity index (χ2v) is 9.69. The molecule has 10 heteroatoms. The molecule has 0 unspecified atom stereocenters. The maximum absolute atomic E-state index is 12.9. The quantitative estimate of drug-likeness (QED) is 0.549. The van der Waals surface area contributed by atoms with Gasteiger partial charge in [0, 0.05) is 24.2 Å². The van der Waals surface area contributed by atoms with Crippen molar-refractivity contribution in [3.05, 3.63) is 58.1 Å². The molecule has 0 heterocycles. The second kappa shape index (κ2) is 11.5. The SMILES string of the molecule is CCCN(CC(=O)Nc1cc(Cl)ccc1Cl)C(=O)c1ccc(S(=O)(=O)CCOC)cc1. The standard InChI is InChI=1S/C21H24Cl2N2O5S/c1-3-10-25(14-20(26)24-19-13-16(22)6-9-18(19)23)21(27)15-4-7-17(8-5-15)31(28,29)12-11-30-2/h4-9,13H,3,10-12,14H2,1-2H3,(H,24,26). The Labute approximate surface area is 192 Å². The highest BCUT2D eigenvalue weighted by molar-refractivity contribution is 7.91. The van der Waals surface area contributed by atoms with Gasteiger partial charge in [0.15, 0.2) is 9.84 Å². The number of rotatable bonds is 10. The largest absolute Gasteiger partial charge is 0.384 e. The van der Waals surface area contributed by atoms with Crippen molar-refractivity contribution in [1.82, 2.24) is 4.90 Å². The zero-order valence-corrected chi connectivity index (χ0v) is 19.6. The summed E-state index contributed by atoms with van der Waals surface area (Å²) in [6.07, 6.45) is 0.639. The lowest BCUT2D eigenvalue weighted by molar-refractivity contribution is -0.116. The molecule has 0 aliphatic heterocycles. The van der Waals surface area contributed by atoms with Gasteiger partial charge in [0.05, 0.1) is 28.0 Å². The zero-order valence-electron chi connectivity index (χ0n) is 17.2. The molecule has 2 amide bonds. The number of ether oxygens (including phenoxy) is 1. The Hall–Kier alpha value is -2.13. The number of anilines is 1. The second-order valence-electron chi connectivity index (χ2n) is 6.74. The molecule has 0 saturated carbocycles. The maximum Gasteiger partial charge on any atom is 0.254 e. The summed E-state index contributed by atoms with van der Waals surface area (Å²) in [5.41, 5.74) is 0.640. The van der Waals surface area contributed by atoms with Crippen molar-refractivity contribution in [1.29, 1.82) is 0 Å². The van der Waals surface area contributed by atoms with Crippen LogP contribution in [-0.2, 0) is 19.4 Å². The first-order valence-corrected chi connectivity index (χ1v) is 11.9. The van der Waals surface area contributed by atoms with Crippen LogP contribution in [0.25, 0.3) is 0 Å². The molecular weight excluding hydrogens is 463 g/mol. The lowest BCUT2D eigenvalue weighted by atomic mass is 10.2. The number of benzene rings is 2. The molecule has 2 rings (SSSR count). The molecule has 0 aliphatic carbocycles. The van der Waals surface area contributed by atoms with Crippen molar-refractivity contribution >= 4 is 50.5 Å². The monoisotopic (exact) mass is 486 g/mol. The number of hydrogen-bond acceptors (Lipinski definition) is 5. The molecule has 31 heavy (non-hydrogen) atoms. The van der Waals surface area contributed by atoms with Gasteiger partial charge >= 0.3 is 0 Å².